The standard InChI is InChI=1S/C17H19N3O2S2/c1-3-14-8-9-17(23-14)24(21,22)19-10-13(11-19)20-12(2)18-15-6-4-5-7-16(15)20/h4-9,13H,3,10-11H2,1-2H3. The van der Waals surface area contributed by atoms with Gasteiger partial charge >= 0.3 is 0 Å². The smallest absolute Gasteiger partial charge is 0.252 e. The molecular formula is C17H19N3O2S2. The minimum atomic E-state index is -3.36. The van der Waals surface area contributed by atoms with Crippen molar-refractivity contribution in [1.29, 1.82) is 0 Å². The van der Waals surface area contributed by atoms with Gasteiger partial charge in [0, 0.05) is 18.0 Å². The van der Waals surface area contributed by atoms with Gasteiger partial charge < -0.3 is 4.57 Å². The topological polar surface area (TPSA) is 55.2 Å². The molecule has 0 radical (unpaired) electrons. The molecule has 0 unspecified atom stereocenters. The molecule has 1 aliphatic rings. The molecule has 1 aliphatic heterocycles. The fourth-order valence-corrected chi connectivity index (χ4v) is 6.18. The van der Waals surface area contributed by atoms with Crippen LogP contribution < -0.4 is 0 Å². The van der Waals surface area contributed by atoms with Crippen LogP contribution in [0.4, 0.5) is 0 Å². The highest BCUT2D eigenvalue weighted by Crippen LogP contribution is 2.34. The molecular weight excluding hydrogens is 342 g/mol. The summed E-state index contributed by atoms with van der Waals surface area (Å²) in [6.45, 7) is 5.02. The highest BCUT2D eigenvalue weighted by atomic mass is 32.2. The molecule has 24 heavy (non-hydrogen) atoms. The summed E-state index contributed by atoms with van der Waals surface area (Å²) in [5.41, 5.74) is 2.03. The first kappa shape index (κ1) is 15.8. The van der Waals surface area contributed by atoms with Gasteiger partial charge in [0.2, 0.25) is 0 Å². The number of hydrogen-bond acceptors (Lipinski definition) is 4. The maximum Gasteiger partial charge on any atom is 0.252 e. The molecule has 2 aromatic heterocycles. The lowest BCUT2D eigenvalue weighted by Gasteiger charge is -2.39. The van der Waals surface area contributed by atoms with Crippen LogP contribution in [0, 0.1) is 6.92 Å². The summed E-state index contributed by atoms with van der Waals surface area (Å²) in [5, 5.41) is 0. The minimum absolute atomic E-state index is 0.151. The maximum atomic E-state index is 12.7. The molecule has 126 valence electrons. The van der Waals surface area contributed by atoms with Gasteiger partial charge in [0.25, 0.3) is 10.0 Å². The van der Waals surface area contributed by atoms with Crippen LogP contribution in [-0.2, 0) is 16.4 Å². The summed E-state index contributed by atoms with van der Waals surface area (Å²) in [7, 11) is -3.36. The lowest BCUT2D eigenvalue weighted by atomic mass is 10.1. The number of para-hydroxylation sites is 2. The third-order valence-electron chi connectivity index (χ3n) is 4.55. The zero-order valence-electron chi connectivity index (χ0n) is 13.6. The van der Waals surface area contributed by atoms with Gasteiger partial charge in [-0.2, -0.15) is 4.31 Å². The maximum absolute atomic E-state index is 12.7. The molecule has 3 heterocycles. The number of sulfonamides is 1. The molecule has 0 atom stereocenters. The van der Waals surface area contributed by atoms with Crippen LogP contribution in [0.15, 0.2) is 40.6 Å². The second kappa shape index (κ2) is 5.68. The minimum Gasteiger partial charge on any atom is -0.322 e. The molecule has 5 nitrogen and oxygen atoms in total. The van der Waals surface area contributed by atoms with Gasteiger partial charge in [-0.15, -0.1) is 11.3 Å². The van der Waals surface area contributed by atoms with E-state index in [-0.39, 0.29) is 6.04 Å². The molecule has 4 rings (SSSR count). The molecule has 0 bridgehead atoms. The number of aromatic nitrogens is 2. The first-order valence-electron chi connectivity index (χ1n) is 8.03. The molecule has 0 N–H and O–H groups in total. The Morgan fingerprint density at radius 2 is 1.96 bits per heavy atom. The Labute approximate surface area is 145 Å². The van der Waals surface area contributed by atoms with E-state index < -0.39 is 10.0 Å². The van der Waals surface area contributed by atoms with E-state index in [9.17, 15) is 8.42 Å². The van der Waals surface area contributed by atoms with Crippen molar-refractivity contribution in [2.75, 3.05) is 13.1 Å². The van der Waals surface area contributed by atoms with Gasteiger partial charge in [-0.3, -0.25) is 0 Å². The fraction of sp³-hybridized carbons (Fsp3) is 0.353. The van der Waals surface area contributed by atoms with E-state index in [1.807, 2.05) is 44.2 Å². The first-order chi connectivity index (χ1) is 11.5. The Hall–Kier alpha value is -1.70. The Morgan fingerprint density at radius 3 is 2.67 bits per heavy atom. The van der Waals surface area contributed by atoms with E-state index in [0.717, 1.165) is 28.2 Å². The number of thiophene rings is 1. The van der Waals surface area contributed by atoms with Crippen molar-refractivity contribution in [2.24, 2.45) is 0 Å². The number of imidazole rings is 1. The molecule has 3 aromatic rings. The first-order valence-corrected chi connectivity index (χ1v) is 10.3. The van der Waals surface area contributed by atoms with Gasteiger partial charge in [0.05, 0.1) is 17.1 Å². The van der Waals surface area contributed by atoms with E-state index in [1.54, 1.807) is 10.4 Å². The summed E-state index contributed by atoms with van der Waals surface area (Å²) in [5.74, 6) is 0.933. The average molecular weight is 361 g/mol. The van der Waals surface area contributed by atoms with E-state index in [1.165, 1.54) is 11.3 Å². The number of hydrogen-bond donors (Lipinski definition) is 0. The van der Waals surface area contributed by atoms with Gasteiger partial charge in [0.15, 0.2) is 0 Å². The summed E-state index contributed by atoms with van der Waals surface area (Å²) < 4.78 is 29.6. The Bertz CT molecular complexity index is 998. The predicted octanol–water partition coefficient (Wildman–Crippen LogP) is 3.21. The second-order valence-electron chi connectivity index (χ2n) is 6.07. The van der Waals surface area contributed by atoms with Crippen LogP contribution in [0.5, 0.6) is 0 Å². The van der Waals surface area contributed by atoms with Crippen LogP contribution in [0.25, 0.3) is 11.0 Å². The van der Waals surface area contributed by atoms with Crippen LogP contribution in [0.2, 0.25) is 0 Å². The lowest BCUT2D eigenvalue weighted by molar-refractivity contribution is 0.206. The third kappa shape index (κ3) is 2.39. The number of rotatable bonds is 4. The van der Waals surface area contributed by atoms with Gasteiger partial charge in [-0.25, -0.2) is 13.4 Å². The van der Waals surface area contributed by atoms with E-state index >= 15 is 0 Å². The second-order valence-corrected chi connectivity index (χ2v) is 9.40. The van der Waals surface area contributed by atoms with Crippen molar-refractivity contribution in [1.82, 2.24) is 13.9 Å². The van der Waals surface area contributed by atoms with E-state index in [4.69, 9.17) is 0 Å². The summed E-state index contributed by atoms with van der Waals surface area (Å²) in [6, 6.07) is 11.8. The Kier molecular flexibility index (Phi) is 3.74. The molecule has 1 saturated heterocycles. The number of benzene rings is 1. The van der Waals surface area contributed by atoms with Crippen molar-refractivity contribution >= 4 is 32.4 Å². The highest BCUT2D eigenvalue weighted by molar-refractivity contribution is 7.91. The average Bonchev–Trinajstić information content (AvgIpc) is 3.11. The van der Waals surface area contributed by atoms with Gasteiger partial charge in [0.1, 0.15) is 10.0 Å². The SMILES string of the molecule is CCc1ccc(S(=O)(=O)N2CC(n3c(C)nc4ccccc43)C2)s1. The number of aryl methyl sites for hydroxylation is 2. The summed E-state index contributed by atoms with van der Waals surface area (Å²) in [6.07, 6.45) is 0.864. The lowest BCUT2D eigenvalue weighted by Crippen LogP contribution is -2.50. The van der Waals surface area contributed by atoms with Gasteiger partial charge in [-0.05, 0) is 37.6 Å². The summed E-state index contributed by atoms with van der Waals surface area (Å²) >= 11 is 1.37. The molecule has 7 heteroatoms. The zero-order valence-corrected chi connectivity index (χ0v) is 15.3. The molecule has 1 aromatic carbocycles. The Balaban J connectivity index is 1.58. The molecule has 0 aliphatic carbocycles. The molecule has 0 saturated carbocycles. The van der Waals surface area contributed by atoms with Crippen molar-refractivity contribution in [3.8, 4) is 0 Å². The monoisotopic (exact) mass is 361 g/mol. The van der Waals surface area contributed by atoms with Gasteiger partial charge in [-0.1, -0.05) is 19.1 Å². The zero-order chi connectivity index (χ0) is 16.9. The van der Waals surface area contributed by atoms with Crippen molar-refractivity contribution in [3.05, 3.63) is 47.1 Å². The number of fused-ring (bicyclic) bond motifs is 1. The largest absolute Gasteiger partial charge is 0.322 e. The van der Waals surface area contributed by atoms with E-state index in [2.05, 4.69) is 9.55 Å². The fourth-order valence-electron chi connectivity index (χ4n) is 3.22. The predicted molar refractivity (Wildman–Crippen MR) is 96.0 cm³/mol. The van der Waals surface area contributed by atoms with Crippen LogP contribution in [-0.4, -0.2) is 35.4 Å². The quantitative estimate of drug-likeness (QED) is 0.717. The van der Waals surface area contributed by atoms with Crippen LogP contribution >= 0.6 is 11.3 Å². The van der Waals surface area contributed by atoms with E-state index in [0.29, 0.717) is 17.3 Å². The molecule has 0 spiro atoms. The molecule has 0 amide bonds. The highest BCUT2D eigenvalue weighted by Gasteiger charge is 2.39. The summed E-state index contributed by atoms with van der Waals surface area (Å²) in [4.78, 5) is 5.67. The van der Waals surface area contributed by atoms with Crippen LogP contribution in [0.1, 0.15) is 23.7 Å². The van der Waals surface area contributed by atoms with Crippen molar-refractivity contribution in [2.45, 2.75) is 30.5 Å². The normalized spacial score (nSPS) is 16.6. The van der Waals surface area contributed by atoms with Crippen molar-refractivity contribution in [3.63, 3.8) is 0 Å². The third-order valence-corrected chi connectivity index (χ3v) is 8.07. The molecule has 1 fully saturated rings. The van der Waals surface area contributed by atoms with Crippen LogP contribution in [0.3, 0.4) is 0 Å². The number of nitrogens with zero attached hydrogens (tertiary/aromatic N) is 3. The van der Waals surface area contributed by atoms with Crippen molar-refractivity contribution < 1.29 is 8.42 Å². The Morgan fingerprint density at radius 1 is 1.21 bits per heavy atom.